The van der Waals surface area contributed by atoms with E-state index in [0.717, 1.165) is 34.2 Å². The molecule has 1 atom stereocenters. The second-order valence-electron chi connectivity index (χ2n) is 6.27. The highest BCUT2D eigenvalue weighted by molar-refractivity contribution is 7.13. The molecular formula is C21H20N2O3S. The monoisotopic (exact) mass is 380 g/mol. The molecule has 1 aliphatic heterocycles. The number of carbonyl (C=O) groups excluding carboxylic acids is 1. The van der Waals surface area contributed by atoms with Crippen molar-refractivity contribution in [1.82, 2.24) is 4.98 Å². The van der Waals surface area contributed by atoms with Crippen LogP contribution in [0.2, 0.25) is 0 Å². The maximum absolute atomic E-state index is 13.2. The molecule has 2 heterocycles. The molecule has 0 spiro atoms. The van der Waals surface area contributed by atoms with E-state index in [0.29, 0.717) is 12.2 Å². The molecule has 0 radical (unpaired) electrons. The number of carbonyl (C=O) groups is 1. The van der Waals surface area contributed by atoms with Crippen molar-refractivity contribution >= 4 is 22.9 Å². The van der Waals surface area contributed by atoms with Gasteiger partial charge < -0.3 is 9.47 Å². The van der Waals surface area contributed by atoms with Crippen LogP contribution in [0.1, 0.15) is 23.8 Å². The SMILES string of the molecule is CCC1CN(C(=O)c2csc(-c3ccccc3OC)n2)c2ccccc2O1. The van der Waals surface area contributed by atoms with E-state index in [4.69, 9.17) is 9.47 Å². The zero-order valence-corrected chi connectivity index (χ0v) is 16.0. The summed E-state index contributed by atoms with van der Waals surface area (Å²) in [5.41, 5.74) is 2.12. The molecule has 1 unspecified atom stereocenters. The molecule has 5 nitrogen and oxygen atoms in total. The van der Waals surface area contributed by atoms with Crippen molar-refractivity contribution < 1.29 is 14.3 Å². The summed E-state index contributed by atoms with van der Waals surface area (Å²) in [6.07, 6.45) is 0.818. The van der Waals surface area contributed by atoms with Crippen LogP contribution in [-0.4, -0.2) is 30.6 Å². The Hall–Kier alpha value is -2.86. The number of hydrogen-bond donors (Lipinski definition) is 0. The maximum Gasteiger partial charge on any atom is 0.278 e. The average molecular weight is 380 g/mol. The summed E-state index contributed by atoms with van der Waals surface area (Å²) in [4.78, 5) is 19.6. The summed E-state index contributed by atoms with van der Waals surface area (Å²) >= 11 is 1.44. The van der Waals surface area contributed by atoms with Crippen LogP contribution in [0, 0.1) is 0 Å². The predicted molar refractivity (Wildman–Crippen MR) is 107 cm³/mol. The lowest BCUT2D eigenvalue weighted by Crippen LogP contribution is -2.43. The van der Waals surface area contributed by atoms with Gasteiger partial charge in [-0.05, 0) is 30.7 Å². The number of rotatable bonds is 4. The Bertz CT molecular complexity index is 969. The number of para-hydroxylation sites is 3. The van der Waals surface area contributed by atoms with Gasteiger partial charge >= 0.3 is 0 Å². The van der Waals surface area contributed by atoms with Crippen LogP contribution in [0.3, 0.4) is 0 Å². The van der Waals surface area contributed by atoms with Crippen molar-refractivity contribution in [1.29, 1.82) is 0 Å². The molecule has 0 bridgehead atoms. The second-order valence-corrected chi connectivity index (χ2v) is 7.13. The number of anilines is 1. The van der Waals surface area contributed by atoms with Gasteiger partial charge in [-0.25, -0.2) is 4.98 Å². The van der Waals surface area contributed by atoms with Gasteiger partial charge in [0.2, 0.25) is 0 Å². The fraction of sp³-hybridized carbons (Fsp3) is 0.238. The molecule has 1 aromatic heterocycles. The lowest BCUT2D eigenvalue weighted by atomic mass is 10.1. The highest BCUT2D eigenvalue weighted by Gasteiger charge is 2.30. The van der Waals surface area contributed by atoms with Crippen molar-refractivity contribution in [2.75, 3.05) is 18.6 Å². The summed E-state index contributed by atoms with van der Waals surface area (Å²) in [7, 11) is 1.63. The molecule has 2 aromatic carbocycles. The van der Waals surface area contributed by atoms with Gasteiger partial charge in [0.1, 0.15) is 28.3 Å². The Kier molecular flexibility index (Phi) is 4.81. The van der Waals surface area contributed by atoms with Crippen molar-refractivity contribution in [2.24, 2.45) is 0 Å². The van der Waals surface area contributed by atoms with Gasteiger partial charge in [0, 0.05) is 5.38 Å². The molecule has 0 N–H and O–H groups in total. The first-order chi connectivity index (χ1) is 13.2. The van der Waals surface area contributed by atoms with Crippen LogP contribution < -0.4 is 14.4 Å². The zero-order valence-electron chi connectivity index (χ0n) is 15.2. The number of nitrogens with zero attached hydrogens (tertiary/aromatic N) is 2. The number of hydrogen-bond acceptors (Lipinski definition) is 5. The molecule has 0 saturated carbocycles. The number of thiazole rings is 1. The predicted octanol–water partition coefficient (Wildman–Crippen LogP) is 4.64. The summed E-state index contributed by atoms with van der Waals surface area (Å²) in [5.74, 6) is 1.37. The summed E-state index contributed by atoms with van der Waals surface area (Å²) < 4.78 is 11.4. The quantitative estimate of drug-likeness (QED) is 0.662. The first-order valence-electron chi connectivity index (χ1n) is 8.87. The zero-order chi connectivity index (χ0) is 18.8. The van der Waals surface area contributed by atoms with E-state index in [1.807, 2.05) is 53.9 Å². The molecule has 6 heteroatoms. The van der Waals surface area contributed by atoms with E-state index < -0.39 is 0 Å². The molecule has 1 amide bonds. The Morgan fingerprint density at radius 2 is 2.04 bits per heavy atom. The van der Waals surface area contributed by atoms with E-state index in [1.54, 1.807) is 12.0 Å². The van der Waals surface area contributed by atoms with Gasteiger partial charge in [-0.2, -0.15) is 0 Å². The van der Waals surface area contributed by atoms with Crippen molar-refractivity contribution in [3.63, 3.8) is 0 Å². The first kappa shape index (κ1) is 17.5. The van der Waals surface area contributed by atoms with Gasteiger partial charge in [0.15, 0.2) is 0 Å². The molecule has 0 fully saturated rings. The molecular weight excluding hydrogens is 360 g/mol. The van der Waals surface area contributed by atoms with Crippen LogP contribution in [0.15, 0.2) is 53.9 Å². The topological polar surface area (TPSA) is 51.7 Å². The molecule has 138 valence electrons. The Morgan fingerprint density at radius 1 is 1.26 bits per heavy atom. The maximum atomic E-state index is 13.2. The Morgan fingerprint density at radius 3 is 2.85 bits per heavy atom. The molecule has 1 aliphatic rings. The Labute approximate surface area is 162 Å². The number of fused-ring (bicyclic) bond motifs is 1. The third-order valence-corrected chi connectivity index (χ3v) is 5.47. The van der Waals surface area contributed by atoms with E-state index in [2.05, 4.69) is 11.9 Å². The number of benzene rings is 2. The first-order valence-corrected chi connectivity index (χ1v) is 9.75. The highest BCUT2D eigenvalue weighted by Crippen LogP contribution is 2.36. The Balaban J connectivity index is 1.67. The van der Waals surface area contributed by atoms with Gasteiger partial charge in [-0.3, -0.25) is 9.69 Å². The standard InChI is InChI=1S/C21H20N2O3S/c1-3-14-12-23(17-9-5-7-11-19(17)26-14)21(24)16-13-27-20(22-16)15-8-4-6-10-18(15)25-2/h4-11,13-14H,3,12H2,1-2H3. The van der Waals surface area contributed by atoms with Gasteiger partial charge in [-0.1, -0.05) is 31.2 Å². The third-order valence-electron chi connectivity index (χ3n) is 4.60. The summed E-state index contributed by atoms with van der Waals surface area (Å²) in [6.45, 7) is 2.58. The van der Waals surface area contributed by atoms with E-state index in [9.17, 15) is 4.79 Å². The molecule has 4 rings (SSSR count). The van der Waals surface area contributed by atoms with Crippen LogP contribution in [-0.2, 0) is 0 Å². The summed E-state index contributed by atoms with van der Waals surface area (Å²) in [6, 6.07) is 15.3. The minimum atomic E-state index is -0.110. The van der Waals surface area contributed by atoms with E-state index in [1.165, 1.54) is 11.3 Å². The van der Waals surface area contributed by atoms with Crippen molar-refractivity contribution in [2.45, 2.75) is 19.4 Å². The smallest absolute Gasteiger partial charge is 0.278 e. The van der Waals surface area contributed by atoms with Crippen LogP contribution in [0.25, 0.3) is 10.6 Å². The normalized spacial score (nSPS) is 15.8. The van der Waals surface area contributed by atoms with Crippen LogP contribution in [0.5, 0.6) is 11.5 Å². The third kappa shape index (κ3) is 3.28. The van der Waals surface area contributed by atoms with Gasteiger partial charge in [0.25, 0.3) is 5.91 Å². The van der Waals surface area contributed by atoms with Crippen molar-refractivity contribution in [3.8, 4) is 22.1 Å². The van der Waals surface area contributed by atoms with Gasteiger partial charge in [-0.15, -0.1) is 11.3 Å². The molecule has 0 saturated heterocycles. The number of aromatic nitrogens is 1. The number of ether oxygens (including phenoxy) is 2. The van der Waals surface area contributed by atoms with Crippen molar-refractivity contribution in [3.05, 3.63) is 59.6 Å². The molecule has 3 aromatic rings. The summed E-state index contributed by atoms with van der Waals surface area (Å²) in [5, 5.41) is 2.58. The lowest BCUT2D eigenvalue weighted by Gasteiger charge is -2.34. The average Bonchev–Trinajstić information content (AvgIpc) is 3.22. The fourth-order valence-electron chi connectivity index (χ4n) is 3.16. The molecule has 0 aliphatic carbocycles. The minimum Gasteiger partial charge on any atom is -0.496 e. The largest absolute Gasteiger partial charge is 0.496 e. The minimum absolute atomic E-state index is 0.0174. The second kappa shape index (κ2) is 7.40. The van der Waals surface area contributed by atoms with E-state index in [-0.39, 0.29) is 12.0 Å². The lowest BCUT2D eigenvalue weighted by molar-refractivity contribution is 0.0950. The number of amides is 1. The van der Waals surface area contributed by atoms with E-state index >= 15 is 0 Å². The van der Waals surface area contributed by atoms with Crippen LogP contribution >= 0.6 is 11.3 Å². The molecule has 27 heavy (non-hydrogen) atoms. The number of methoxy groups -OCH3 is 1. The van der Waals surface area contributed by atoms with Gasteiger partial charge in [0.05, 0.1) is 24.9 Å². The van der Waals surface area contributed by atoms with Crippen LogP contribution in [0.4, 0.5) is 5.69 Å². The fourth-order valence-corrected chi connectivity index (χ4v) is 3.98. The highest BCUT2D eigenvalue weighted by atomic mass is 32.1.